The Balaban J connectivity index is 0.00000353. The molecular weight excluding hydrogens is 530 g/mol. The number of aromatic nitrogens is 7. The minimum atomic E-state index is -0.551. The molecule has 42 heavy (non-hydrogen) atoms. The highest BCUT2D eigenvalue weighted by Gasteiger charge is 2.23. The Morgan fingerprint density at radius 1 is 1.12 bits per heavy atom. The topological polar surface area (TPSA) is 149 Å². The molecule has 6 rings (SSSR count). The lowest BCUT2D eigenvalue weighted by Gasteiger charge is -2.21. The average Bonchev–Trinajstić information content (AvgIpc) is 3.62. The van der Waals surface area contributed by atoms with Gasteiger partial charge in [-0.1, -0.05) is 31.4 Å². The van der Waals surface area contributed by atoms with Gasteiger partial charge in [0, 0.05) is 66.5 Å². The molecule has 11 heteroatoms. The predicted octanol–water partition coefficient (Wildman–Crippen LogP) is 3.51. The van der Waals surface area contributed by atoms with Crippen LogP contribution in [-0.4, -0.2) is 40.0 Å². The maximum absolute atomic E-state index is 14.1. The quantitative estimate of drug-likeness (QED) is 0.264. The van der Waals surface area contributed by atoms with E-state index in [2.05, 4.69) is 42.2 Å². The van der Waals surface area contributed by atoms with Gasteiger partial charge in [0.05, 0.1) is 17.8 Å². The molecule has 0 saturated heterocycles. The first-order chi connectivity index (χ1) is 20.0. The van der Waals surface area contributed by atoms with Crippen LogP contribution in [0.2, 0.25) is 0 Å². The van der Waals surface area contributed by atoms with Crippen molar-refractivity contribution in [3.63, 3.8) is 0 Å². The fourth-order valence-electron chi connectivity index (χ4n) is 4.81. The zero-order valence-corrected chi connectivity index (χ0v) is 22.1. The van der Waals surface area contributed by atoms with Crippen molar-refractivity contribution < 1.29 is 4.79 Å². The number of aromatic amines is 1. The summed E-state index contributed by atoms with van der Waals surface area (Å²) in [5.74, 6) is 5.87. The summed E-state index contributed by atoms with van der Waals surface area (Å²) in [5.41, 5.74) is 9.28. The van der Waals surface area contributed by atoms with Crippen molar-refractivity contribution in [1.29, 1.82) is 0 Å². The van der Waals surface area contributed by atoms with Crippen LogP contribution in [-0.2, 0) is 13.0 Å². The predicted molar refractivity (Wildman–Crippen MR) is 161 cm³/mol. The summed E-state index contributed by atoms with van der Waals surface area (Å²) in [7, 11) is 0. The maximum atomic E-state index is 14.1. The lowest BCUT2D eigenvalue weighted by atomic mass is 10.0. The van der Waals surface area contributed by atoms with Crippen molar-refractivity contribution in [2.75, 3.05) is 5.73 Å². The summed E-state index contributed by atoms with van der Waals surface area (Å²) in [6.07, 6.45) is 10.5. The van der Waals surface area contributed by atoms with Crippen LogP contribution in [0.3, 0.4) is 0 Å². The zero-order chi connectivity index (χ0) is 28.3. The number of benzene rings is 1. The van der Waals surface area contributed by atoms with Crippen LogP contribution >= 0.6 is 0 Å². The van der Waals surface area contributed by atoms with Crippen LogP contribution in [0.15, 0.2) is 84.6 Å². The molecule has 1 aromatic carbocycles. The summed E-state index contributed by atoms with van der Waals surface area (Å²) < 4.78 is 3.14. The number of nitrogen functional groups attached to an aromatic ring is 1. The SMILES string of the molecule is C.C[C@H](NC(=O)c1c(N)nn2cccnc12)c1cc2cccc(C#Cc3cccnc3)c2c(=O)n1CCc1cnc[nH]1. The smallest absolute Gasteiger partial charge is 0.259 e. The second-order valence-corrected chi connectivity index (χ2v) is 9.46. The third kappa shape index (κ3) is 5.33. The number of nitrogens with two attached hydrogens (primary N) is 1. The minimum absolute atomic E-state index is 0. The van der Waals surface area contributed by atoms with E-state index in [4.69, 9.17) is 5.73 Å². The molecule has 11 nitrogen and oxygen atoms in total. The summed E-state index contributed by atoms with van der Waals surface area (Å²) in [5, 5.41) is 8.40. The van der Waals surface area contributed by atoms with Gasteiger partial charge in [0.1, 0.15) is 5.56 Å². The van der Waals surface area contributed by atoms with Crippen molar-refractivity contribution in [3.8, 4) is 11.8 Å². The van der Waals surface area contributed by atoms with Crippen molar-refractivity contribution in [2.45, 2.75) is 33.4 Å². The molecule has 5 aromatic heterocycles. The summed E-state index contributed by atoms with van der Waals surface area (Å²) in [4.78, 5) is 43.0. The lowest BCUT2D eigenvalue weighted by Crippen LogP contribution is -2.33. The lowest BCUT2D eigenvalue weighted by molar-refractivity contribution is 0.0940. The van der Waals surface area contributed by atoms with Crippen LogP contribution in [0.25, 0.3) is 16.4 Å². The number of pyridine rings is 2. The van der Waals surface area contributed by atoms with Crippen molar-refractivity contribution >= 4 is 28.1 Å². The Labute approximate surface area is 241 Å². The van der Waals surface area contributed by atoms with Crippen molar-refractivity contribution in [3.05, 3.63) is 118 Å². The molecule has 0 spiro atoms. The number of imidazole rings is 1. The molecule has 0 aliphatic carbocycles. The highest BCUT2D eigenvalue weighted by molar-refractivity contribution is 6.04. The highest BCUT2D eigenvalue weighted by atomic mass is 16.2. The number of carbonyl (C=O) groups excluding carboxylic acids is 1. The molecule has 0 aliphatic rings. The fraction of sp³-hybridized carbons (Fsp3) is 0.161. The fourth-order valence-corrected chi connectivity index (χ4v) is 4.81. The van der Waals surface area contributed by atoms with Crippen LogP contribution < -0.4 is 16.6 Å². The number of nitrogens with zero attached hydrogens (tertiary/aromatic N) is 6. The number of hydrogen-bond donors (Lipinski definition) is 3. The van der Waals surface area contributed by atoms with Crippen LogP contribution in [0.4, 0.5) is 5.82 Å². The summed E-state index contributed by atoms with van der Waals surface area (Å²) in [6, 6.07) is 12.3. The van der Waals surface area contributed by atoms with E-state index >= 15 is 0 Å². The van der Waals surface area contributed by atoms with Gasteiger partial charge in [-0.25, -0.2) is 14.5 Å². The van der Waals surface area contributed by atoms with Crippen molar-refractivity contribution in [1.82, 2.24) is 39.4 Å². The van der Waals surface area contributed by atoms with Gasteiger partial charge in [0.25, 0.3) is 11.5 Å². The molecule has 4 N–H and O–H groups in total. The molecule has 5 heterocycles. The molecule has 1 amide bonds. The molecule has 0 fully saturated rings. The molecule has 210 valence electrons. The first kappa shape index (κ1) is 27.8. The van der Waals surface area contributed by atoms with Gasteiger partial charge in [-0.3, -0.25) is 14.6 Å². The monoisotopic (exact) mass is 559 g/mol. The van der Waals surface area contributed by atoms with E-state index in [9.17, 15) is 9.59 Å². The number of hydrogen-bond acceptors (Lipinski definition) is 7. The molecule has 0 unspecified atom stereocenters. The van der Waals surface area contributed by atoms with Gasteiger partial charge in [0.15, 0.2) is 11.5 Å². The molecule has 1 atom stereocenters. The molecule has 0 radical (unpaired) electrons. The van der Waals surface area contributed by atoms with E-state index in [0.29, 0.717) is 35.3 Å². The van der Waals surface area contributed by atoms with E-state index in [1.165, 1.54) is 4.52 Å². The van der Waals surface area contributed by atoms with Gasteiger partial charge in [-0.15, -0.1) is 5.10 Å². The third-order valence-corrected chi connectivity index (χ3v) is 6.77. The number of carbonyl (C=O) groups is 1. The second kappa shape index (κ2) is 11.8. The Hall–Kier alpha value is -5.76. The van der Waals surface area contributed by atoms with Crippen LogP contribution in [0, 0.1) is 11.8 Å². The zero-order valence-electron chi connectivity index (χ0n) is 22.1. The van der Waals surface area contributed by atoms with E-state index in [0.717, 1.165) is 16.6 Å². The van der Waals surface area contributed by atoms with E-state index < -0.39 is 11.9 Å². The Bertz CT molecular complexity index is 2000. The largest absolute Gasteiger partial charge is 0.381 e. The third-order valence-electron chi connectivity index (χ3n) is 6.77. The molecular formula is C31H29N9O2. The Morgan fingerprint density at radius 2 is 2.00 bits per heavy atom. The second-order valence-electron chi connectivity index (χ2n) is 9.46. The van der Waals surface area contributed by atoms with Crippen LogP contribution in [0.1, 0.15) is 53.3 Å². The van der Waals surface area contributed by atoms with Gasteiger partial charge in [-0.2, -0.15) is 0 Å². The van der Waals surface area contributed by atoms with E-state index in [-0.39, 0.29) is 24.4 Å². The number of fused-ring (bicyclic) bond motifs is 2. The first-order valence-electron chi connectivity index (χ1n) is 12.9. The summed E-state index contributed by atoms with van der Waals surface area (Å²) in [6.45, 7) is 2.18. The highest BCUT2D eigenvalue weighted by Crippen LogP contribution is 2.23. The first-order valence-corrected chi connectivity index (χ1v) is 12.9. The van der Waals surface area contributed by atoms with Gasteiger partial charge in [-0.05, 0) is 42.6 Å². The number of H-pyrrole nitrogens is 1. The summed E-state index contributed by atoms with van der Waals surface area (Å²) >= 11 is 0. The van der Waals surface area contributed by atoms with Crippen molar-refractivity contribution in [2.24, 2.45) is 0 Å². The number of rotatable bonds is 6. The average molecular weight is 560 g/mol. The number of anilines is 1. The van der Waals surface area contributed by atoms with E-state index in [1.54, 1.807) is 47.9 Å². The molecule has 0 saturated carbocycles. The Morgan fingerprint density at radius 3 is 2.79 bits per heavy atom. The maximum Gasteiger partial charge on any atom is 0.259 e. The molecule has 6 aromatic rings. The number of aryl methyl sites for hydroxylation is 1. The van der Waals surface area contributed by atoms with E-state index in [1.807, 2.05) is 43.3 Å². The Kier molecular flexibility index (Phi) is 7.79. The van der Waals surface area contributed by atoms with Gasteiger partial charge >= 0.3 is 0 Å². The standard InChI is InChI=1S/C30H25N9O2.CH4/c1-19(36-29(40)26-27(31)37-39-13-4-12-34-28(26)39)24-15-22-7-2-6-21(9-8-20-5-3-11-32-16-20)25(22)30(41)38(24)14-10-23-17-33-18-35-23;/h2-7,11-13,15-19H,10,14H2,1H3,(H2,31,37)(H,33,35)(H,36,40);1H4/t19-;/m0./s1. The van der Waals surface area contributed by atoms with Gasteiger partial charge in [0.2, 0.25) is 0 Å². The normalized spacial score (nSPS) is 11.5. The minimum Gasteiger partial charge on any atom is -0.381 e. The molecule has 0 aliphatic heterocycles. The number of nitrogens with one attached hydrogen (secondary N) is 2. The van der Waals surface area contributed by atoms with Gasteiger partial charge < -0.3 is 20.6 Å². The number of amides is 1. The van der Waals surface area contributed by atoms with Crippen LogP contribution in [0.5, 0.6) is 0 Å². The molecule has 0 bridgehead atoms.